The number of alkyl halides is 3. The SMILES string of the molecule is NC(=O)c1ccc(C(=O)C(F)(F)F)cc1. The molecule has 1 aromatic rings. The zero-order valence-electron chi connectivity index (χ0n) is 7.34. The van der Waals surface area contributed by atoms with Crippen LogP contribution in [0.4, 0.5) is 13.2 Å². The van der Waals surface area contributed by atoms with Gasteiger partial charge in [0.15, 0.2) is 0 Å². The van der Waals surface area contributed by atoms with Gasteiger partial charge in [0, 0.05) is 11.1 Å². The lowest BCUT2D eigenvalue weighted by Crippen LogP contribution is -2.22. The van der Waals surface area contributed by atoms with Crippen LogP contribution in [0.5, 0.6) is 0 Å². The van der Waals surface area contributed by atoms with Crippen LogP contribution < -0.4 is 5.73 Å². The van der Waals surface area contributed by atoms with Crippen molar-refractivity contribution < 1.29 is 22.8 Å². The van der Waals surface area contributed by atoms with Crippen molar-refractivity contribution in [3.05, 3.63) is 35.4 Å². The smallest absolute Gasteiger partial charge is 0.366 e. The molecule has 0 spiro atoms. The first-order valence-electron chi connectivity index (χ1n) is 3.84. The molecule has 0 aliphatic rings. The lowest BCUT2D eigenvalue weighted by atomic mass is 10.1. The maximum atomic E-state index is 12.0. The molecule has 0 aliphatic heterocycles. The monoisotopic (exact) mass is 217 g/mol. The first-order valence-corrected chi connectivity index (χ1v) is 3.84. The van der Waals surface area contributed by atoms with E-state index in [1.807, 2.05) is 0 Å². The van der Waals surface area contributed by atoms with E-state index in [2.05, 4.69) is 0 Å². The van der Waals surface area contributed by atoms with E-state index in [1.54, 1.807) is 0 Å². The lowest BCUT2D eigenvalue weighted by Gasteiger charge is -2.04. The highest BCUT2D eigenvalue weighted by Crippen LogP contribution is 2.21. The number of halogens is 3. The molecule has 15 heavy (non-hydrogen) atoms. The van der Waals surface area contributed by atoms with Crippen molar-refractivity contribution in [2.75, 3.05) is 0 Å². The summed E-state index contributed by atoms with van der Waals surface area (Å²) in [6.45, 7) is 0. The van der Waals surface area contributed by atoms with Crippen molar-refractivity contribution in [1.29, 1.82) is 0 Å². The van der Waals surface area contributed by atoms with Gasteiger partial charge in [0.1, 0.15) is 0 Å². The summed E-state index contributed by atoms with van der Waals surface area (Å²) in [4.78, 5) is 21.3. The fraction of sp³-hybridized carbons (Fsp3) is 0.111. The van der Waals surface area contributed by atoms with Crippen molar-refractivity contribution in [2.24, 2.45) is 5.73 Å². The van der Waals surface area contributed by atoms with Crippen LogP contribution in [-0.2, 0) is 0 Å². The van der Waals surface area contributed by atoms with E-state index in [-0.39, 0.29) is 5.56 Å². The number of carbonyl (C=O) groups is 2. The number of carbonyl (C=O) groups excluding carboxylic acids is 2. The third-order valence-electron chi connectivity index (χ3n) is 1.69. The normalized spacial score (nSPS) is 11.1. The second-order valence-corrected chi connectivity index (χ2v) is 2.77. The van der Waals surface area contributed by atoms with Crippen LogP contribution in [-0.4, -0.2) is 17.9 Å². The largest absolute Gasteiger partial charge is 0.454 e. The molecular weight excluding hydrogens is 211 g/mol. The Morgan fingerprint density at radius 1 is 1.00 bits per heavy atom. The second kappa shape index (κ2) is 3.72. The van der Waals surface area contributed by atoms with E-state index in [0.29, 0.717) is 0 Å². The maximum absolute atomic E-state index is 12.0. The summed E-state index contributed by atoms with van der Waals surface area (Å²) >= 11 is 0. The minimum atomic E-state index is -4.91. The Balaban J connectivity index is 3.00. The Labute approximate surface area is 82.7 Å². The van der Waals surface area contributed by atoms with Gasteiger partial charge in [-0.05, 0) is 12.1 Å². The highest BCUT2D eigenvalue weighted by molar-refractivity contribution is 6.01. The molecule has 0 fully saturated rings. The molecule has 0 atom stereocenters. The van der Waals surface area contributed by atoms with Gasteiger partial charge in [0.2, 0.25) is 5.91 Å². The Hall–Kier alpha value is -1.85. The molecule has 80 valence electrons. The molecule has 1 amide bonds. The summed E-state index contributed by atoms with van der Waals surface area (Å²) < 4.78 is 35.9. The Bertz CT molecular complexity index is 395. The zero-order valence-corrected chi connectivity index (χ0v) is 7.34. The molecule has 2 N–H and O–H groups in total. The number of amides is 1. The van der Waals surface area contributed by atoms with Crippen molar-refractivity contribution in [2.45, 2.75) is 6.18 Å². The summed E-state index contributed by atoms with van der Waals surface area (Å²) in [6, 6.07) is 3.97. The summed E-state index contributed by atoms with van der Waals surface area (Å²) in [7, 11) is 0. The van der Waals surface area contributed by atoms with Crippen LogP contribution in [0.1, 0.15) is 20.7 Å². The molecule has 3 nitrogen and oxygen atoms in total. The number of primary amides is 1. The van der Waals surface area contributed by atoms with Gasteiger partial charge in [-0.1, -0.05) is 12.1 Å². The molecule has 6 heteroatoms. The van der Waals surface area contributed by atoms with Crippen LogP contribution in [0.15, 0.2) is 24.3 Å². The van der Waals surface area contributed by atoms with Gasteiger partial charge >= 0.3 is 6.18 Å². The fourth-order valence-corrected chi connectivity index (χ4v) is 0.950. The quantitative estimate of drug-likeness (QED) is 0.763. The molecule has 0 aliphatic carbocycles. The highest BCUT2D eigenvalue weighted by atomic mass is 19.4. The Kier molecular flexibility index (Phi) is 2.78. The molecular formula is C9H6F3NO2. The van der Waals surface area contributed by atoms with Gasteiger partial charge in [0.05, 0.1) is 0 Å². The van der Waals surface area contributed by atoms with Gasteiger partial charge in [-0.3, -0.25) is 9.59 Å². The molecule has 1 aromatic carbocycles. The standard InChI is InChI=1S/C9H6F3NO2/c10-9(11,12)7(14)5-1-3-6(4-2-5)8(13)15/h1-4H,(H2,13,15). The highest BCUT2D eigenvalue weighted by Gasteiger charge is 2.39. The maximum Gasteiger partial charge on any atom is 0.454 e. The number of rotatable bonds is 2. The number of hydrogen-bond acceptors (Lipinski definition) is 2. The molecule has 0 bridgehead atoms. The molecule has 1 rings (SSSR count). The van der Waals surface area contributed by atoms with Gasteiger partial charge in [-0.25, -0.2) is 0 Å². The Morgan fingerprint density at radius 2 is 1.40 bits per heavy atom. The summed E-state index contributed by atoms with van der Waals surface area (Å²) in [5.74, 6) is -2.71. The van der Waals surface area contributed by atoms with Crippen molar-refractivity contribution in [3.8, 4) is 0 Å². The number of Topliss-reactive ketones (excluding diaryl/α,β-unsaturated/α-hetero) is 1. The molecule has 0 heterocycles. The fourth-order valence-electron chi connectivity index (χ4n) is 0.950. The van der Waals surface area contributed by atoms with Gasteiger partial charge in [-0.2, -0.15) is 13.2 Å². The van der Waals surface area contributed by atoms with E-state index >= 15 is 0 Å². The summed E-state index contributed by atoms with van der Waals surface area (Å²) in [5, 5.41) is 0. The van der Waals surface area contributed by atoms with E-state index in [9.17, 15) is 22.8 Å². The van der Waals surface area contributed by atoms with Crippen molar-refractivity contribution >= 4 is 11.7 Å². The minimum Gasteiger partial charge on any atom is -0.366 e. The molecule has 0 radical (unpaired) electrons. The van der Waals surface area contributed by atoms with Crippen LogP contribution in [0.25, 0.3) is 0 Å². The number of hydrogen-bond donors (Lipinski definition) is 1. The number of ketones is 1. The first kappa shape index (κ1) is 11.2. The van der Waals surface area contributed by atoms with E-state index in [4.69, 9.17) is 5.73 Å². The van der Waals surface area contributed by atoms with E-state index in [1.165, 1.54) is 0 Å². The van der Waals surface area contributed by atoms with Crippen LogP contribution >= 0.6 is 0 Å². The predicted molar refractivity (Wildman–Crippen MR) is 45.3 cm³/mol. The van der Waals surface area contributed by atoms with Gasteiger partial charge in [-0.15, -0.1) is 0 Å². The van der Waals surface area contributed by atoms with Crippen molar-refractivity contribution in [3.63, 3.8) is 0 Å². The molecule has 0 unspecified atom stereocenters. The minimum absolute atomic E-state index is 0.0497. The van der Waals surface area contributed by atoms with Crippen molar-refractivity contribution in [1.82, 2.24) is 0 Å². The third-order valence-corrected chi connectivity index (χ3v) is 1.69. The predicted octanol–water partition coefficient (Wildman–Crippen LogP) is 1.53. The van der Waals surface area contributed by atoms with E-state index in [0.717, 1.165) is 24.3 Å². The van der Waals surface area contributed by atoms with E-state index < -0.39 is 23.4 Å². The average molecular weight is 217 g/mol. The topological polar surface area (TPSA) is 60.2 Å². The number of benzene rings is 1. The summed E-state index contributed by atoms with van der Waals surface area (Å²) in [5.41, 5.74) is 4.41. The van der Waals surface area contributed by atoms with Gasteiger partial charge in [0.25, 0.3) is 5.78 Å². The van der Waals surface area contributed by atoms with Gasteiger partial charge < -0.3 is 5.73 Å². The van der Waals surface area contributed by atoms with Crippen LogP contribution in [0, 0.1) is 0 Å². The zero-order chi connectivity index (χ0) is 11.6. The third kappa shape index (κ3) is 2.55. The molecule has 0 saturated carbocycles. The number of nitrogens with two attached hydrogens (primary N) is 1. The Morgan fingerprint density at radius 3 is 1.73 bits per heavy atom. The summed E-state index contributed by atoms with van der Waals surface area (Å²) in [6.07, 6.45) is -4.91. The first-order chi connectivity index (χ1) is 6.82. The molecule has 0 aromatic heterocycles. The second-order valence-electron chi connectivity index (χ2n) is 2.77. The lowest BCUT2D eigenvalue weighted by molar-refractivity contribution is -0.0885. The van der Waals surface area contributed by atoms with Crippen LogP contribution in [0.3, 0.4) is 0 Å². The van der Waals surface area contributed by atoms with Crippen LogP contribution in [0.2, 0.25) is 0 Å². The molecule has 0 saturated heterocycles. The average Bonchev–Trinajstić information content (AvgIpc) is 2.15.